The van der Waals surface area contributed by atoms with Gasteiger partial charge in [-0.2, -0.15) is 18.4 Å². The quantitative estimate of drug-likeness (QED) is 0.676. The van der Waals surface area contributed by atoms with Gasteiger partial charge in [0.25, 0.3) is 0 Å². The first-order chi connectivity index (χ1) is 13.4. The Morgan fingerprint density at radius 1 is 1.11 bits per heavy atom. The molecular weight excluding hydrogens is 373 g/mol. The van der Waals surface area contributed by atoms with Gasteiger partial charge in [0.1, 0.15) is 6.04 Å². The van der Waals surface area contributed by atoms with Crippen LogP contribution in [0.1, 0.15) is 5.56 Å². The molecule has 1 atom stereocenters. The summed E-state index contributed by atoms with van der Waals surface area (Å²) < 4.78 is 38.1. The fourth-order valence-corrected chi connectivity index (χ4v) is 3.03. The van der Waals surface area contributed by atoms with Gasteiger partial charge < -0.3 is 0 Å². The van der Waals surface area contributed by atoms with Gasteiger partial charge in [-0.1, -0.05) is 24.3 Å². The topological polar surface area (TPSA) is 86.0 Å². The number of anilines is 2. The summed E-state index contributed by atoms with van der Waals surface area (Å²) in [5.74, 6) is -0.200. The lowest BCUT2D eigenvalue weighted by Gasteiger charge is -2.20. The predicted molar refractivity (Wildman–Crippen MR) is 93.4 cm³/mol. The maximum Gasteiger partial charge on any atom is 0.419 e. The average molecular weight is 384 g/mol. The van der Waals surface area contributed by atoms with Gasteiger partial charge in [-0.25, -0.2) is 14.8 Å². The second-order valence-electron chi connectivity index (χ2n) is 6.06. The summed E-state index contributed by atoms with van der Waals surface area (Å²) in [6, 6.07) is 7.81. The van der Waals surface area contributed by atoms with Gasteiger partial charge in [0.05, 0.1) is 30.1 Å². The molecule has 3 heterocycles. The lowest BCUT2D eigenvalue weighted by molar-refractivity contribution is -0.138. The maximum atomic E-state index is 13.0. The van der Waals surface area contributed by atoms with Crippen molar-refractivity contribution in [1.29, 1.82) is 5.26 Å². The number of nitriles is 1. The largest absolute Gasteiger partial charge is 0.419 e. The summed E-state index contributed by atoms with van der Waals surface area (Å²) in [4.78, 5) is 26.7. The number of urea groups is 1. The number of alkyl halides is 3. The number of carbonyl (C=O) groups excluding carboxylic acids is 1. The highest BCUT2D eigenvalue weighted by atomic mass is 19.4. The normalized spacial score (nSPS) is 17.2. The Labute approximate surface area is 156 Å². The first-order valence-electron chi connectivity index (χ1n) is 8.12. The Morgan fingerprint density at radius 3 is 2.50 bits per heavy atom. The fourth-order valence-electron chi connectivity index (χ4n) is 3.03. The molecule has 0 bridgehead atoms. The lowest BCUT2D eigenvalue weighted by Crippen LogP contribution is -2.35. The molecule has 140 valence electrons. The van der Waals surface area contributed by atoms with E-state index in [9.17, 15) is 23.2 Å². The summed E-state index contributed by atoms with van der Waals surface area (Å²) in [5, 5.41) is 11.0. The molecule has 1 aliphatic heterocycles. The van der Waals surface area contributed by atoms with Crippen molar-refractivity contribution >= 4 is 28.4 Å². The van der Waals surface area contributed by atoms with Crippen LogP contribution in [-0.4, -0.2) is 33.6 Å². The number of nitrogens with zero attached hydrogens (tertiary/aromatic N) is 6. The molecule has 28 heavy (non-hydrogen) atoms. The molecule has 0 radical (unpaired) electrons. The number of hydrogen-bond acceptors (Lipinski definition) is 5. The molecule has 10 heteroatoms. The van der Waals surface area contributed by atoms with E-state index in [0.717, 1.165) is 15.7 Å². The van der Waals surface area contributed by atoms with Crippen LogP contribution in [0.2, 0.25) is 0 Å². The summed E-state index contributed by atoms with van der Waals surface area (Å²) in [5.41, 5.74) is -0.584. The third kappa shape index (κ3) is 2.87. The predicted octanol–water partition coefficient (Wildman–Crippen LogP) is 3.38. The lowest BCUT2D eigenvalue weighted by atomic mass is 10.1. The van der Waals surface area contributed by atoms with Gasteiger partial charge in [-0.15, -0.1) is 0 Å². The number of hydrogen-bond donors (Lipinski definition) is 0. The molecule has 0 saturated carbocycles. The Kier molecular flexibility index (Phi) is 4.07. The minimum atomic E-state index is -4.58. The third-order valence-electron chi connectivity index (χ3n) is 4.37. The van der Waals surface area contributed by atoms with Crippen LogP contribution in [-0.2, 0) is 6.18 Å². The molecule has 3 aromatic rings. The van der Waals surface area contributed by atoms with Gasteiger partial charge >= 0.3 is 12.2 Å². The van der Waals surface area contributed by atoms with Gasteiger partial charge in [0.2, 0.25) is 5.95 Å². The zero-order valence-electron chi connectivity index (χ0n) is 14.1. The van der Waals surface area contributed by atoms with E-state index < -0.39 is 23.8 Å². The Bertz CT molecular complexity index is 1090. The molecule has 1 saturated heterocycles. The zero-order chi connectivity index (χ0) is 19.9. The van der Waals surface area contributed by atoms with Crippen molar-refractivity contribution < 1.29 is 18.0 Å². The van der Waals surface area contributed by atoms with Gasteiger partial charge in [0.15, 0.2) is 0 Å². The second kappa shape index (κ2) is 6.45. The van der Waals surface area contributed by atoms with Crippen molar-refractivity contribution in [2.75, 3.05) is 16.3 Å². The molecule has 1 aliphatic rings. The molecule has 7 nitrogen and oxygen atoms in total. The van der Waals surface area contributed by atoms with Crippen LogP contribution in [0.25, 0.3) is 10.8 Å². The molecule has 1 unspecified atom stereocenters. The van der Waals surface area contributed by atoms with Crippen LogP contribution >= 0.6 is 0 Å². The van der Waals surface area contributed by atoms with Crippen molar-refractivity contribution in [3.05, 3.63) is 54.6 Å². The average Bonchev–Trinajstić information content (AvgIpc) is 3.03. The summed E-state index contributed by atoms with van der Waals surface area (Å²) in [7, 11) is 0. The molecule has 2 amide bonds. The number of pyridine rings is 1. The van der Waals surface area contributed by atoms with Crippen molar-refractivity contribution in [3.63, 3.8) is 0 Å². The molecule has 0 spiro atoms. The van der Waals surface area contributed by atoms with Gasteiger partial charge in [-0.05, 0) is 0 Å². The number of rotatable bonds is 2. The molecule has 4 rings (SSSR count). The number of benzene rings is 1. The smallest absolute Gasteiger partial charge is 0.273 e. The van der Waals surface area contributed by atoms with Crippen LogP contribution in [0, 0.1) is 11.3 Å². The minimum absolute atomic E-state index is 0.0794. The summed E-state index contributed by atoms with van der Waals surface area (Å²) >= 11 is 0. The van der Waals surface area contributed by atoms with Crippen LogP contribution in [0.3, 0.4) is 0 Å². The van der Waals surface area contributed by atoms with E-state index >= 15 is 0 Å². The molecular formula is C18H11F3N6O. The van der Waals surface area contributed by atoms with E-state index in [-0.39, 0.29) is 12.5 Å². The van der Waals surface area contributed by atoms with Crippen molar-refractivity contribution in [3.8, 4) is 6.07 Å². The Balaban J connectivity index is 1.73. The minimum Gasteiger partial charge on any atom is -0.273 e. The monoisotopic (exact) mass is 384 g/mol. The SMILES string of the molecule is N#CC1CN(c2ncc(C(F)(F)F)cn2)C(=O)N1c1cncc2ccccc12. The fraction of sp³-hybridized carbons (Fsp3) is 0.167. The number of fused-ring (bicyclic) bond motifs is 1. The van der Waals surface area contributed by atoms with E-state index in [0.29, 0.717) is 18.1 Å². The highest BCUT2D eigenvalue weighted by Crippen LogP contribution is 2.33. The van der Waals surface area contributed by atoms with Crippen molar-refractivity contribution in [2.45, 2.75) is 12.2 Å². The Morgan fingerprint density at radius 2 is 1.82 bits per heavy atom. The first kappa shape index (κ1) is 17.7. The van der Waals surface area contributed by atoms with Crippen LogP contribution < -0.4 is 9.80 Å². The molecule has 0 aliphatic carbocycles. The highest BCUT2D eigenvalue weighted by molar-refractivity contribution is 6.11. The molecule has 1 fully saturated rings. The van der Waals surface area contributed by atoms with E-state index in [1.165, 1.54) is 11.1 Å². The summed E-state index contributed by atoms with van der Waals surface area (Å²) in [6.45, 7) is -0.0794. The van der Waals surface area contributed by atoms with E-state index in [4.69, 9.17) is 0 Å². The van der Waals surface area contributed by atoms with Crippen LogP contribution in [0.4, 0.5) is 29.6 Å². The number of amides is 2. The second-order valence-corrected chi connectivity index (χ2v) is 6.06. The first-order valence-corrected chi connectivity index (χ1v) is 8.12. The van der Waals surface area contributed by atoms with Gasteiger partial charge in [-0.3, -0.25) is 14.8 Å². The number of carbonyl (C=O) groups is 1. The number of aromatic nitrogens is 3. The van der Waals surface area contributed by atoms with Crippen LogP contribution in [0.15, 0.2) is 49.1 Å². The van der Waals surface area contributed by atoms with Crippen LogP contribution in [0.5, 0.6) is 0 Å². The molecule has 2 aromatic heterocycles. The zero-order valence-corrected chi connectivity index (χ0v) is 14.1. The van der Waals surface area contributed by atoms with E-state index in [1.807, 2.05) is 18.2 Å². The molecule has 1 aromatic carbocycles. The molecule has 0 N–H and O–H groups in total. The van der Waals surface area contributed by atoms with E-state index in [2.05, 4.69) is 15.0 Å². The van der Waals surface area contributed by atoms with Gasteiger partial charge in [0, 0.05) is 29.4 Å². The maximum absolute atomic E-state index is 13.0. The van der Waals surface area contributed by atoms with Crippen molar-refractivity contribution in [2.24, 2.45) is 0 Å². The third-order valence-corrected chi connectivity index (χ3v) is 4.37. The van der Waals surface area contributed by atoms with Crippen molar-refractivity contribution in [1.82, 2.24) is 15.0 Å². The standard InChI is InChI=1S/C18H11F3N6O/c19-18(20,21)12-7-24-16(25-8-12)26-10-13(5-22)27(17(26)28)15-9-23-6-11-3-1-2-4-14(11)15/h1-4,6-9,13H,10H2. The number of halogens is 3. The summed E-state index contributed by atoms with van der Waals surface area (Å²) in [6.07, 6.45) is -0.249. The van der Waals surface area contributed by atoms with E-state index in [1.54, 1.807) is 18.3 Å². The Hall–Kier alpha value is -3.74. The highest BCUT2D eigenvalue weighted by Gasteiger charge is 2.41.